The van der Waals surface area contributed by atoms with Crippen LogP contribution in [0, 0.1) is 0 Å². The molecule has 2 aromatic carbocycles. The second-order valence-corrected chi connectivity index (χ2v) is 8.66. The van der Waals surface area contributed by atoms with E-state index in [-0.39, 0.29) is 18.2 Å². The molecule has 5 rings (SSSR count). The number of carbonyl (C=O) groups is 3. The first-order valence-electron chi connectivity index (χ1n) is 11.7. The topological polar surface area (TPSA) is 101 Å². The maximum absolute atomic E-state index is 12.9. The average molecular weight is 471 g/mol. The van der Waals surface area contributed by atoms with Gasteiger partial charge in [-0.3, -0.25) is 24.7 Å². The Labute approximate surface area is 203 Å². The van der Waals surface area contributed by atoms with E-state index < -0.39 is 11.9 Å². The maximum atomic E-state index is 12.9. The van der Waals surface area contributed by atoms with Gasteiger partial charge in [-0.2, -0.15) is 0 Å². The second-order valence-electron chi connectivity index (χ2n) is 8.66. The largest absolute Gasteiger partial charge is 0.492 e. The molecule has 0 spiro atoms. The molecule has 3 aromatic rings. The third-order valence-corrected chi connectivity index (χ3v) is 6.26. The molecule has 35 heavy (non-hydrogen) atoms. The highest BCUT2D eigenvalue weighted by atomic mass is 16.5. The zero-order valence-electron chi connectivity index (χ0n) is 19.2. The molecule has 0 saturated carbocycles. The van der Waals surface area contributed by atoms with E-state index in [1.54, 1.807) is 17.2 Å². The number of hydrogen-bond donors (Lipinski definition) is 2. The van der Waals surface area contributed by atoms with Crippen LogP contribution in [0.2, 0.25) is 0 Å². The van der Waals surface area contributed by atoms with Crippen molar-refractivity contribution in [3.05, 3.63) is 83.6 Å². The van der Waals surface area contributed by atoms with Crippen LogP contribution in [-0.4, -0.2) is 46.8 Å². The number of amides is 3. The number of aromatic nitrogens is 1. The number of ether oxygens (including phenoxy) is 1. The normalized spacial score (nSPS) is 17.3. The molecule has 2 aliphatic rings. The van der Waals surface area contributed by atoms with Gasteiger partial charge in [-0.25, -0.2) is 0 Å². The van der Waals surface area contributed by atoms with Crippen molar-refractivity contribution in [1.82, 2.24) is 20.5 Å². The lowest BCUT2D eigenvalue weighted by Gasteiger charge is -2.29. The van der Waals surface area contributed by atoms with Crippen LogP contribution in [0.3, 0.4) is 0 Å². The highest BCUT2D eigenvalue weighted by Crippen LogP contribution is 2.30. The molecule has 8 nitrogen and oxygen atoms in total. The zero-order chi connectivity index (χ0) is 24.2. The van der Waals surface area contributed by atoms with Crippen LogP contribution in [0.25, 0.3) is 11.3 Å². The molecule has 0 aliphatic carbocycles. The van der Waals surface area contributed by atoms with Crippen molar-refractivity contribution >= 4 is 17.7 Å². The Morgan fingerprint density at radius 1 is 1.06 bits per heavy atom. The molecule has 1 saturated heterocycles. The molecule has 178 valence electrons. The fraction of sp³-hybridized carbons (Fsp3) is 0.259. The van der Waals surface area contributed by atoms with E-state index in [0.717, 1.165) is 28.1 Å². The quantitative estimate of drug-likeness (QED) is 0.388. The van der Waals surface area contributed by atoms with E-state index in [1.165, 1.54) is 0 Å². The van der Waals surface area contributed by atoms with Gasteiger partial charge in [-0.15, -0.1) is 0 Å². The van der Waals surface area contributed by atoms with Gasteiger partial charge in [0.1, 0.15) is 18.4 Å². The number of imide groups is 1. The molecule has 3 amide bonds. The summed E-state index contributed by atoms with van der Waals surface area (Å²) in [6.07, 6.45) is 2.37. The molecule has 1 aromatic heterocycles. The lowest BCUT2D eigenvalue weighted by Crippen LogP contribution is -2.52. The molecule has 2 N–H and O–H groups in total. The third-order valence-electron chi connectivity index (χ3n) is 6.26. The van der Waals surface area contributed by atoms with Gasteiger partial charge in [0, 0.05) is 43.4 Å². The molecule has 8 heteroatoms. The second kappa shape index (κ2) is 10.1. The summed E-state index contributed by atoms with van der Waals surface area (Å²) in [6.45, 7) is 2.31. The predicted molar refractivity (Wildman–Crippen MR) is 129 cm³/mol. The Morgan fingerprint density at radius 3 is 2.74 bits per heavy atom. The minimum absolute atomic E-state index is 0.176. The number of nitrogens with one attached hydrogen (secondary N) is 2. The highest BCUT2D eigenvalue weighted by Gasteiger charge is 2.39. The van der Waals surface area contributed by atoms with Gasteiger partial charge in [0.15, 0.2) is 0 Å². The summed E-state index contributed by atoms with van der Waals surface area (Å²) in [7, 11) is 0. The van der Waals surface area contributed by atoms with Crippen molar-refractivity contribution in [3.8, 4) is 17.0 Å². The van der Waals surface area contributed by atoms with Crippen molar-refractivity contribution in [2.24, 2.45) is 0 Å². The number of nitrogens with zero attached hydrogens (tertiary/aromatic N) is 2. The number of benzene rings is 2. The van der Waals surface area contributed by atoms with E-state index >= 15 is 0 Å². The SMILES string of the molecule is O=C1CCC(N2Cc3cc(-c4cc(CNCCOc5ccccc5)ccn4)ccc3C2=O)C(=O)N1. The predicted octanol–water partition coefficient (Wildman–Crippen LogP) is 2.68. The zero-order valence-corrected chi connectivity index (χ0v) is 19.2. The smallest absolute Gasteiger partial charge is 0.255 e. The number of para-hydroxylation sites is 1. The summed E-state index contributed by atoms with van der Waals surface area (Å²) >= 11 is 0. The van der Waals surface area contributed by atoms with Crippen molar-refractivity contribution in [2.75, 3.05) is 13.2 Å². The van der Waals surface area contributed by atoms with Crippen LogP contribution in [0.5, 0.6) is 5.75 Å². The Hall–Kier alpha value is -4.04. The van der Waals surface area contributed by atoms with Crippen LogP contribution in [-0.2, 0) is 22.7 Å². The summed E-state index contributed by atoms with van der Waals surface area (Å²) in [6, 6.07) is 18.8. The molecular weight excluding hydrogens is 444 g/mol. The third kappa shape index (κ3) is 5.07. The molecule has 0 radical (unpaired) electrons. The van der Waals surface area contributed by atoms with Gasteiger partial charge in [-0.05, 0) is 53.9 Å². The maximum Gasteiger partial charge on any atom is 0.255 e. The number of fused-ring (bicyclic) bond motifs is 1. The van der Waals surface area contributed by atoms with E-state index in [1.807, 2.05) is 54.6 Å². The number of pyridine rings is 1. The number of rotatable bonds is 8. The minimum atomic E-state index is -0.616. The lowest BCUT2D eigenvalue weighted by atomic mass is 10.0. The van der Waals surface area contributed by atoms with Crippen LogP contribution in [0.4, 0.5) is 0 Å². The molecule has 1 unspecified atom stereocenters. The van der Waals surface area contributed by atoms with E-state index in [4.69, 9.17) is 4.74 Å². The summed E-state index contributed by atoms with van der Waals surface area (Å²) in [4.78, 5) is 42.7. The van der Waals surface area contributed by atoms with Gasteiger partial charge in [0.25, 0.3) is 5.91 Å². The highest BCUT2D eigenvalue weighted by molar-refractivity contribution is 6.05. The fourth-order valence-electron chi connectivity index (χ4n) is 4.47. The molecular formula is C27H26N4O4. The van der Waals surface area contributed by atoms with Crippen molar-refractivity contribution in [3.63, 3.8) is 0 Å². The van der Waals surface area contributed by atoms with Gasteiger partial charge in [-0.1, -0.05) is 24.3 Å². The van der Waals surface area contributed by atoms with Gasteiger partial charge in [0.05, 0.1) is 5.69 Å². The lowest BCUT2D eigenvalue weighted by molar-refractivity contribution is -0.136. The van der Waals surface area contributed by atoms with Crippen LogP contribution in [0.1, 0.15) is 34.3 Å². The summed E-state index contributed by atoms with van der Waals surface area (Å²) in [5.74, 6) is -0.0167. The Bertz CT molecular complexity index is 1260. The van der Waals surface area contributed by atoms with E-state index in [0.29, 0.717) is 38.2 Å². The van der Waals surface area contributed by atoms with Crippen molar-refractivity contribution < 1.29 is 19.1 Å². The number of piperidine rings is 1. The Balaban J connectivity index is 1.21. The summed E-state index contributed by atoms with van der Waals surface area (Å²) in [5, 5.41) is 5.72. The molecule has 0 bridgehead atoms. The Kier molecular flexibility index (Phi) is 6.54. The average Bonchev–Trinajstić information content (AvgIpc) is 3.20. The molecule has 1 atom stereocenters. The monoisotopic (exact) mass is 470 g/mol. The van der Waals surface area contributed by atoms with Crippen LogP contribution >= 0.6 is 0 Å². The Morgan fingerprint density at radius 2 is 1.91 bits per heavy atom. The number of carbonyl (C=O) groups excluding carboxylic acids is 3. The minimum Gasteiger partial charge on any atom is -0.492 e. The van der Waals surface area contributed by atoms with Gasteiger partial charge >= 0.3 is 0 Å². The molecule has 3 heterocycles. The van der Waals surface area contributed by atoms with Crippen LogP contribution in [0.15, 0.2) is 66.9 Å². The summed E-state index contributed by atoms with van der Waals surface area (Å²) in [5.41, 5.74) is 4.28. The first-order valence-corrected chi connectivity index (χ1v) is 11.7. The van der Waals surface area contributed by atoms with Crippen LogP contribution < -0.4 is 15.4 Å². The fourth-order valence-corrected chi connectivity index (χ4v) is 4.47. The van der Waals surface area contributed by atoms with E-state index in [2.05, 4.69) is 15.6 Å². The van der Waals surface area contributed by atoms with E-state index in [9.17, 15) is 14.4 Å². The van der Waals surface area contributed by atoms with Crippen molar-refractivity contribution in [1.29, 1.82) is 0 Å². The van der Waals surface area contributed by atoms with Gasteiger partial charge in [0.2, 0.25) is 11.8 Å². The number of hydrogen-bond acceptors (Lipinski definition) is 6. The first-order chi connectivity index (χ1) is 17.1. The summed E-state index contributed by atoms with van der Waals surface area (Å²) < 4.78 is 5.70. The first kappa shape index (κ1) is 22.7. The molecule has 2 aliphatic heterocycles. The molecule has 1 fully saturated rings. The van der Waals surface area contributed by atoms with Crippen molar-refractivity contribution in [2.45, 2.75) is 32.0 Å². The van der Waals surface area contributed by atoms with Gasteiger partial charge < -0.3 is 15.0 Å². The standard InChI is InChI=1S/C27H26N4O4/c32-25-9-8-24(26(33)30-25)31-17-20-15-19(6-7-22(20)27(31)34)23-14-18(10-11-29-23)16-28-12-13-35-21-4-2-1-3-5-21/h1-7,10-11,14-15,24,28H,8-9,12-13,16-17H2,(H,30,32,33).